The molecule has 12 heteroatoms. The van der Waals surface area contributed by atoms with Crippen LogP contribution < -0.4 is 24.8 Å². The molecule has 0 unspecified atom stereocenters. The van der Waals surface area contributed by atoms with Gasteiger partial charge in [-0.1, -0.05) is 35.9 Å². The van der Waals surface area contributed by atoms with E-state index in [1.165, 1.54) is 4.68 Å². The van der Waals surface area contributed by atoms with Crippen molar-refractivity contribution in [2.45, 2.75) is 25.1 Å². The predicted molar refractivity (Wildman–Crippen MR) is 167 cm³/mol. The summed E-state index contributed by atoms with van der Waals surface area (Å²) in [5.74, 6) is 0.747. The van der Waals surface area contributed by atoms with Crippen LogP contribution in [-0.4, -0.2) is 71.4 Å². The molecule has 45 heavy (non-hydrogen) atoms. The Morgan fingerprint density at radius 3 is 2.62 bits per heavy atom. The number of nitrogens with one attached hydrogen (secondary N) is 2. The SMILES string of the molecule is COc1ccc2cc1-c1cccc(c1)OCC(=O)NCc1ccc(cc1)O[C@@H]1CCN(C(=O)c3nn(C)cc3Cl)C[C@H]1NC2=O. The molecule has 3 aliphatic heterocycles. The molecule has 7 rings (SSSR count). The molecular formula is C33H32ClN5O6. The van der Waals surface area contributed by atoms with E-state index in [1.807, 2.05) is 36.4 Å². The van der Waals surface area contributed by atoms with Crippen molar-refractivity contribution in [3.05, 3.63) is 94.8 Å². The molecule has 11 nitrogen and oxygen atoms in total. The molecule has 0 spiro atoms. The maximum atomic E-state index is 13.8. The summed E-state index contributed by atoms with van der Waals surface area (Å²) >= 11 is 6.29. The monoisotopic (exact) mass is 629 g/mol. The lowest BCUT2D eigenvalue weighted by Crippen LogP contribution is -2.58. The Labute approximate surface area is 265 Å². The lowest BCUT2D eigenvalue weighted by Gasteiger charge is -2.38. The van der Waals surface area contributed by atoms with Crippen molar-refractivity contribution < 1.29 is 28.6 Å². The third-order valence-electron chi connectivity index (χ3n) is 7.82. The molecule has 232 valence electrons. The van der Waals surface area contributed by atoms with Gasteiger partial charge >= 0.3 is 0 Å². The number of hydrogen-bond donors (Lipinski definition) is 2. The Bertz CT molecular complexity index is 1740. The van der Waals surface area contributed by atoms with Gasteiger partial charge in [0.25, 0.3) is 17.7 Å². The highest BCUT2D eigenvalue weighted by molar-refractivity contribution is 6.33. The van der Waals surface area contributed by atoms with Crippen LogP contribution in [0.3, 0.4) is 0 Å². The molecular weight excluding hydrogens is 598 g/mol. The van der Waals surface area contributed by atoms with Gasteiger partial charge in [-0.25, -0.2) is 0 Å². The molecule has 1 fully saturated rings. The molecule has 0 aliphatic carbocycles. The van der Waals surface area contributed by atoms with Crippen LogP contribution in [0.1, 0.15) is 32.8 Å². The van der Waals surface area contributed by atoms with Gasteiger partial charge in [-0.05, 0) is 53.6 Å². The number of rotatable bonds is 2. The van der Waals surface area contributed by atoms with E-state index in [0.29, 0.717) is 47.9 Å². The van der Waals surface area contributed by atoms with Crippen LogP contribution >= 0.6 is 11.6 Å². The van der Waals surface area contributed by atoms with Gasteiger partial charge in [0.2, 0.25) is 0 Å². The molecule has 3 aliphatic rings. The maximum absolute atomic E-state index is 13.8. The second kappa shape index (κ2) is 12.9. The van der Waals surface area contributed by atoms with Crippen molar-refractivity contribution in [3.8, 4) is 28.4 Å². The third-order valence-corrected chi connectivity index (χ3v) is 8.09. The van der Waals surface area contributed by atoms with Gasteiger partial charge < -0.3 is 29.7 Å². The predicted octanol–water partition coefficient (Wildman–Crippen LogP) is 3.85. The van der Waals surface area contributed by atoms with E-state index >= 15 is 0 Å². The molecule has 4 aromatic rings. The first kappa shape index (κ1) is 30.0. The highest BCUT2D eigenvalue weighted by Crippen LogP contribution is 2.33. The number of aryl methyl sites for hydroxylation is 1. The normalized spacial score (nSPS) is 18.5. The lowest BCUT2D eigenvalue weighted by atomic mass is 9.99. The molecule has 0 radical (unpaired) electrons. The summed E-state index contributed by atoms with van der Waals surface area (Å²) in [6.07, 6.45) is 1.60. The fourth-order valence-corrected chi connectivity index (χ4v) is 5.75. The fraction of sp³-hybridized carbons (Fsp3) is 0.273. The summed E-state index contributed by atoms with van der Waals surface area (Å²) in [5, 5.41) is 10.5. The zero-order valence-electron chi connectivity index (χ0n) is 24.8. The van der Waals surface area contributed by atoms with Gasteiger partial charge in [0, 0.05) is 50.4 Å². The number of carbonyl (C=O) groups is 3. The maximum Gasteiger partial charge on any atom is 0.275 e. The van der Waals surface area contributed by atoms with Crippen molar-refractivity contribution in [1.29, 1.82) is 0 Å². The van der Waals surface area contributed by atoms with Crippen LogP contribution in [0.5, 0.6) is 17.2 Å². The van der Waals surface area contributed by atoms with Crippen molar-refractivity contribution in [1.82, 2.24) is 25.3 Å². The minimum absolute atomic E-state index is 0.153. The summed E-state index contributed by atoms with van der Waals surface area (Å²) in [6.45, 7) is 0.744. The number of benzene rings is 3. The highest BCUT2D eigenvalue weighted by atomic mass is 35.5. The standard InChI is InChI=1S/C33H32ClN5O6/c1-38-17-26(34)31(37-38)33(42)39-13-12-29-27(18-39)36-32(41)22-8-11-28(43-2)25(15-22)21-4-3-5-24(14-21)44-19-30(40)35-16-20-6-9-23(45-29)10-7-20/h3-11,14-15,17,27,29H,12-13,16,18-19H2,1-2H3,(H,35,40)(H,36,41)/t27-,29-/m1/s1. The van der Waals surface area contributed by atoms with Crippen LogP contribution in [0, 0.1) is 0 Å². The number of methoxy groups -OCH3 is 1. The Morgan fingerprint density at radius 2 is 1.87 bits per heavy atom. The van der Waals surface area contributed by atoms with E-state index in [1.54, 1.807) is 55.6 Å². The topological polar surface area (TPSA) is 124 Å². The lowest BCUT2D eigenvalue weighted by molar-refractivity contribution is -0.123. The number of piperidine rings is 1. The van der Waals surface area contributed by atoms with Gasteiger partial charge in [0.05, 0.1) is 18.2 Å². The van der Waals surface area contributed by atoms with E-state index < -0.39 is 12.1 Å². The number of amides is 3. The molecule has 2 N–H and O–H groups in total. The Balaban J connectivity index is 1.34. The van der Waals surface area contributed by atoms with Crippen LogP contribution in [0.25, 0.3) is 11.1 Å². The Kier molecular flexibility index (Phi) is 8.61. The van der Waals surface area contributed by atoms with Crippen LogP contribution in [-0.2, 0) is 18.4 Å². The quantitative estimate of drug-likeness (QED) is 0.345. The number of hydrogen-bond acceptors (Lipinski definition) is 7. The summed E-state index contributed by atoms with van der Waals surface area (Å²) in [4.78, 5) is 41.3. The number of likely N-dealkylation sites (tertiary alicyclic amines) is 1. The molecule has 3 aromatic carbocycles. The van der Waals surface area contributed by atoms with Gasteiger partial charge in [-0.2, -0.15) is 5.10 Å². The van der Waals surface area contributed by atoms with Crippen LogP contribution in [0.15, 0.2) is 72.9 Å². The summed E-state index contributed by atoms with van der Waals surface area (Å²) in [6, 6.07) is 19.2. The summed E-state index contributed by atoms with van der Waals surface area (Å²) in [7, 11) is 3.26. The first-order chi connectivity index (χ1) is 21.8. The second-order valence-corrected chi connectivity index (χ2v) is 11.3. The Hall–Kier alpha value is -5.03. The number of aromatic nitrogens is 2. The van der Waals surface area contributed by atoms with E-state index in [-0.39, 0.29) is 41.6 Å². The Morgan fingerprint density at radius 1 is 1.04 bits per heavy atom. The zero-order chi connectivity index (χ0) is 31.5. The van der Waals surface area contributed by atoms with Crippen molar-refractivity contribution >= 4 is 29.3 Å². The van der Waals surface area contributed by atoms with Crippen LogP contribution in [0.4, 0.5) is 0 Å². The van der Waals surface area contributed by atoms with Crippen molar-refractivity contribution in [2.24, 2.45) is 7.05 Å². The first-order valence-corrected chi connectivity index (χ1v) is 14.9. The number of fused-ring (bicyclic) bond motifs is 7. The number of halogens is 1. The highest BCUT2D eigenvalue weighted by Gasteiger charge is 2.36. The van der Waals surface area contributed by atoms with E-state index in [0.717, 1.165) is 11.1 Å². The zero-order valence-corrected chi connectivity index (χ0v) is 25.5. The number of carbonyl (C=O) groups excluding carboxylic acids is 3. The molecule has 0 saturated carbocycles. The minimum Gasteiger partial charge on any atom is -0.496 e. The van der Waals surface area contributed by atoms with Gasteiger partial charge in [-0.3, -0.25) is 19.1 Å². The first-order valence-electron chi connectivity index (χ1n) is 14.5. The summed E-state index contributed by atoms with van der Waals surface area (Å²) in [5.41, 5.74) is 2.86. The van der Waals surface area contributed by atoms with E-state index in [4.69, 9.17) is 25.8 Å². The molecule has 4 heterocycles. The molecule has 3 amide bonds. The average Bonchev–Trinajstić information content (AvgIpc) is 3.40. The summed E-state index contributed by atoms with van der Waals surface area (Å²) < 4.78 is 19.2. The molecule has 2 atom stereocenters. The smallest absolute Gasteiger partial charge is 0.275 e. The van der Waals surface area contributed by atoms with Crippen molar-refractivity contribution in [2.75, 3.05) is 26.8 Å². The largest absolute Gasteiger partial charge is 0.496 e. The fourth-order valence-electron chi connectivity index (χ4n) is 5.49. The third kappa shape index (κ3) is 6.73. The van der Waals surface area contributed by atoms with E-state index in [9.17, 15) is 14.4 Å². The number of ether oxygens (including phenoxy) is 3. The second-order valence-electron chi connectivity index (χ2n) is 10.9. The van der Waals surface area contributed by atoms with Gasteiger partial charge in [0.15, 0.2) is 12.3 Å². The molecule has 1 saturated heterocycles. The average molecular weight is 630 g/mol. The molecule has 6 bridgehead atoms. The van der Waals surface area contributed by atoms with Crippen LogP contribution in [0.2, 0.25) is 5.02 Å². The van der Waals surface area contributed by atoms with E-state index in [2.05, 4.69) is 15.7 Å². The van der Waals surface area contributed by atoms with Gasteiger partial charge in [-0.15, -0.1) is 0 Å². The molecule has 1 aromatic heterocycles. The van der Waals surface area contributed by atoms with Crippen molar-refractivity contribution in [3.63, 3.8) is 0 Å². The van der Waals surface area contributed by atoms with Gasteiger partial charge in [0.1, 0.15) is 23.4 Å². The number of nitrogens with zero attached hydrogens (tertiary/aromatic N) is 3. The minimum atomic E-state index is -0.551.